The first kappa shape index (κ1) is 13.6. The maximum Gasteiger partial charge on any atom is 0.160 e. The Bertz CT molecular complexity index is 802. The topological polar surface area (TPSA) is 56.7 Å². The van der Waals surface area contributed by atoms with Gasteiger partial charge >= 0.3 is 0 Å². The summed E-state index contributed by atoms with van der Waals surface area (Å²) in [4.78, 5) is 9.25. The van der Waals surface area contributed by atoms with Gasteiger partial charge in [0, 0.05) is 24.0 Å². The van der Waals surface area contributed by atoms with Crippen LogP contribution in [0.4, 0.5) is 5.69 Å². The summed E-state index contributed by atoms with van der Waals surface area (Å²) in [7, 11) is 0. The first-order chi connectivity index (χ1) is 10.1. The van der Waals surface area contributed by atoms with E-state index >= 15 is 0 Å². The van der Waals surface area contributed by atoms with Gasteiger partial charge in [-0.3, -0.25) is 0 Å². The first-order valence-corrected chi connectivity index (χ1v) is 7.30. The van der Waals surface area contributed by atoms with Gasteiger partial charge in [-0.25, -0.2) is 9.97 Å². The highest BCUT2D eigenvalue weighted by atomic mass is 15.1. The van der Waals surface area contributed by atoms with E-state index in [4.69, 9.17) is 10.7 Å². The van der Waals surface area contributed by atoms with E-state index < -0.39 is 0 Å². The number of imidazole rings is 1. The fourth-order valence-corrected chi connectivity index (χ4v) is 2.76. The molecule has 0 unspecified atom stereocenters. The third-order valence-electron chi connectivity index (χ3n) is 3.72. The van der Waals surface area contributed by atoms with Gasteiger partial charge in [0.2, 0.25) is 0 Å². The third-order valence-corrected chi connectivity index (χ3v) is 3.72. The predicted octanol–water partition coefficient (Wildman–Crippen LogP) is 3.71. The zero-order chi connectivity index (χ0) is 15.0. The fourth-order valence-electron chi connectivity index (χ4n) is 2.76. The molecular formula is C17H20N4. The van der Waals surface area contributed by atoms with Crippen molar-refractivity contribution in [2.75, 3.05) is 5.73 Å². The van der Waals surface area contributed by atoms with Crippen molar-refractivity contribution in [2.24, 2.45) is 0 Å². The van der Waals surface area contributed by atoms with Crippen molar-refractivity contribution in [3.63, 3.8) is 0 Å². The highest BCUT2D eigenvalue weighted by molar-refractivity contribution is 5.82. The highest BCUT2D eigenvalue weighted by Crippen LogP contribution is 2.31. The van der Waals surface area contributed by atoms with Gasteiger partial charge in [0.05, 0.1) is 0 Å². The second kappa shape index (κ2) is 5.20. The van der Waals surface area contributed by atoms with E-state index in [1.807, 2.05) is 25.3 Å². The number of pyridine rings is 1. The van der Waals surface area contributed by atoms with E-state index in [0.29, 0.717) is 0 Å². The van der Waals surface area contributed by atoms with Gasteiger partial charge in [-0.1, -0.05) is 13.0 Å². The van der Waals surface area contributed by atoms with Crippen LogP contribution in [-0.4, -0.2) is 14.5 Å². The lowest BCUT2D eigenvalue weighted by atomic mass is 10.0. The molecule has 0 amide bonds. The number of nitrogens with zero attached hydrogens (tertiary/aromatic N) is 3. The molecule has 0 saturated carbocycles. The zero-order valence-electron chi connectivity index (χ0n) is 12.7. The molecule has 108 valence electrons. The van der Waals surface area contributed by atoms with Crippen LogP contribution in [0.5, 0.6) is 0 Å². The summed E-state index contributed by atoms with van der Waals surface area (Å²) < 4.78 is 2.17. The average Bonchev–Trinajstić information content (AvgIpc) is 2.82. The molecule has 0 aliphatic carbocycles. The van der Waals surface area contributed by atoms with Crippen LogP contribution in [0.2, 0.25) is 0 Å². The van der Waals surface area contributed by atoms with E-state index in [1.54, 1.807) is 0 Å². The molecule has 0 fully saturated rings. The molecule has 2 N–H and O–H groups in total. The van der Waals surface area contributed by atoms with Crippen molar-refractivity contribution >= 4 is 16.9 Å². The molecule has 0 saturated heterocycles. The minimum atomic E-state index is 0.799. The molecule has 4 heteroatoms. The minimum Gasteiger partial charge on any atom is -0.398 e. The van der Waals surface area contributed by atoms with Crippen molar-refractivity contribution in [2.45, 2.75) is 33.7 Å². The number of hydrogen-bond donors (Lipinski definition) is 1. The Morgan fingerprint density at radius 2 is 2.05 bits per heavy atom. The zero-order valence-corrected chi connectivity index (χ0v) is 12.7. The fraction of sp³-hybridized carbons (Fsp3) is 0.294. The molecule has 0 spiro atoms. The molecule has 21 heavy (non-hydrogen) atoms. The van der Waals surface area contributed by atoms with Crippen LogP contribution in [0.25, 0.3) is 22.6 Å². The summed E-state index contributed by atoms with van der Waals surface area (Å²) in [6, 6.07) is 8.12. The van der Waals surface area contributed by atoms with Crippen molar-refractivity contribution in [1.29, 1.82) is 0 Å². The number of hydrogen-bond acceptors (Lipinski definition) is 3. The lowest BCUT2D eigenvalue weighted by Gasteiger charge is -2.12. The van der Waals surface area contributed by atoms with Crippen molar-refractivity contribution in [3.8, 4) is 11.4 Å². The van der Waals surface area contributed by atoms with Crippen LogP contribution >= 0.6 is 0 Å². The average molecular weight is 280 g/mol. The number of fused-ring (bicyclic) bond motifs is 1. The molecule has 0 radical (unpaired) electrons. The lowest BCUT2D eigenvalue weighted by molar-refractivity contribution is 0.698. The van der Waals surface area contributed by atoms with E-state index in [-0.39, 0.29) is 0 Å². The van der Waals surface area contributed by atoms with E-state index in [2.05, 4.69) is 35.5 Å². The summed E-state index contributed by atoms with van der Waals surface area (Å²) in [6.45, 7) is 7.16. The second-order valence-corrected chi connectivity index (χ2v) is 5.48. The van der Waals surface area contributed by atoms with Gasteiger partial charge < -0.3 is 10.3 Å². The largest absolute Gasteiger partial charge is 0.398 e. The molecule has 0 aliphatic rings. The van der Waals surface area contributed by atoms with Gasteiger partial charge in [-0.15, -0.1) is 0 Å². The Balaban J connectivity index is 2.32. The van der Waals surface area contributed by atoms with E-state index in [1.165, 1.54) is 5.56 Å². The molecule has 4 nitrogen and oxygen atoms in total. The number of nitrogens with two attached hydrogens (primary N) is 1. The third kappa shape index (κ3) is 2.27. The monoisotopic (exact) mass is 280 g/mol. The predicted molar refractivity (Wildman–Crippen MR) is 87.1 cm³/mol. The van der Waals surface area contributed by atoms with Gasteiger partial charge in [0.15, 0.2) is 5.65 Å². The van der Waals surface area contributed by atoms with E-state index in [0.717, 1.165) is 46.8 Å². The summed E-state index contributed by atoms with van der Waals surface area (Å²) in [5, 5.41) is 0. The van der Waals surface area contributed by atoms with Gasteiger partial charge in [0.1, 0.15) is 11.3 Å². The van der Waals surface area contributed by atoms with Gasteiger partial charge in [0.25, 0.3) is 0 Å². The standard InChI is InChI=1S/C17H20N4/c1-4-8-21-16(20-14-6-5-7-19-17(14)21)13-10-11(2)9-12(3)15(13)18/h5-7,9-10H,4,8,18H2,1-3H3. The Morgan fingerprint density at radius 1 is 1.24 bits per heavy atom. The Labute approximate surface area is 124 Å². The number of benzene rings is 1. The Hall–Kier alpha value is -2.36. The van der Waals surface area contributed by atoms with Crippen molar-refractivity contribution < 1.29 is 0 Å². The molecule has 3 aromatic rings. The number of rotatable bonds is 3. The van der Waals surface area contributed by atoms with Crippen LogP contribution < -0.4 is 5.73 Å². The quantitative estimate of drug-likeness (QED) is 0.744. The number of aryl methyl sites for hydroxylation is 3. The maximum absolute atomic E-state index is 6.30. The second-order valence-electron chi connectivity index (χ2n) is 5.48. The van der Waals surface area contributed by atoms with Gasteiger partial charge in [-0.2, -0.15) is 0 Å². The SMILES string of the molecule is CCCn1c(-c2cc(C)cc(C)c2N)nc2cccnc21. The molecule has 0 aliphatic heterocycles. The molecule has 0 bridgehead atoms. The highest BCUT2D eigenvalue weighted by Gasteiger charge is 2.16. The minimum absolute atomic E-state index is 0.799. The van der Waals surface area contributed by atoms with Crippen LogP contribution in [0, 0.1) is 13.8 Å². The molecule has 3 rings (SSSR count). The summed E-state index contributed by atoms with van der Waals surface area (Å²) in [5.74, 6) is 0.912. The molecular weight excluding hydrogens is 260 g/mol. The smallest absolute Gasteiger partial charge is 0.160 e. The number of anilines is 1. The molecule has 0 atom stereocenters. The maximum atomic E-state index is 6.30. The summed E-state index contributed by atoms with van der Waals surface area (Å²) in [5.41, 5.74) is 12.2. The van der Waals surface area contributed by atoms with Crippen molar-refractivity contribution in [3.05, 3.63) is 41.6 Å². The lowest BCUT2D eigenvalue weighted by Crippen LogP contribution is -2.04. The van der Waals surface area contributed by atoms with Crippen LogP contribution in [-0.2, 0) is 6.54 Å². The first-order valence-electron chi connectivity index (χ1n) is 7.30. The van der Waals surface area contributed by atoms with Crippen LogP contribution in [0.3, 0.4) is 0 Å². The Kier molecular flexibility index (Phi) is 3.37. The summed E-state index contributed by atoms with van der Waals surface area (Å²) in [6.07, 6.45) is 2.84. The van der Waals surface area contributed by atoms with Crippen LogP contribution in [0.1, 0.15) is 24.5 Å². The molecule has 1 aromatic carbocycles. The van der Waals surface area contributed by atoms with E-state index in [9.17, 15) is 0 Å². The Morgan fingerprint density at radius 3 is 2.81 bits per heavy atom. The normalized spacial score (nSPS) is 11.2. The number of aromatic nitrogens is 3. The molecule has 2 heterocycles. The van der Waals surface area contributed by atoms with Crippen molar-refractivity contribution in [1.82, 2.24) is 14.5 Å². The van der Waals surface area contributed by atoms with Gasteiger partial charge in [-0.05, 0) is 49.6 Å². The summed E-state index contributed by atoms with van der Waals surface area (Å²) >= 11 is 0. The number of nitrogen functional groups attached to an aromatic ring is 1. The van der Waals surface area contributed by atoms with Crippen LogP contribution in [0.15, 0.2) is 30.5 Å². The molecule has 2 aromatic heterocycles.